The van der Waals surface area contributed by atoms with Gasteiger partial charge in [-0.15, -0.1) is 0 Å². The van der Waals surface area contributed by atoms with E-state index in [9.17, 15) is 9.59 Å². The molecule has 0 aromatic rings. The minimum absolute atomic E-state index is 0.307. The molecule has 0 aliphatic heterocycles. The van der Waals surface area contributed by atoms with Crippen molar-refractivity contribution in [1.82, 2.24) is 0 Å². The predicted octanol–water partition coefficient (Wildman–Crippen LogP) is 2.22. The maximum atomic E-state index is 11.6. The van der Waals surface area contributed by atoms with E-state index in [0.717, 1.165) is 12.8 Å². The van der Waals surface area contributed by atoms with Crippen molar-refractivity contribution in [2.75, 3.05) is 6.61 Å². The second kappa shape index (κ2) is 6.43. The largest absolute Gasteiger partial charge is 0.480 e. The molecule has 4 heteroatoms. The number of carboxylic acid groups (broad SMARTS) is 1. The molecule has 1 unspecified atom stereocenters. The summed E-state index contributed by atoms with van der Waals surface area (Å²) in [6.07, 6.45) is 2.65. The first-order chi connectivity index (χ1) is 6.99. The van der Waals surface area contributed by atoms with Crippen LogP contribution in [0.2, 0.25) is 0 Å². The lowest BCUT2D eigenvalue weighted by molar-refractivity contribution is -0.168. The summed E-state index contributed by atoms with van der Waals surface area (Å²) in [7, 11) is 0. The fourth-order valence-electron chi connectivity index (χ4n) is 1.26. The van der Waals surface area contributed by atoms with E-state index in [-0.39, 0.29) is 0 Å². The molecular formula is C11H20O4. The van der Waals surface area contributed by atoms with E-state index in [0.29, 0.717) is 19.4 Å². The third-order valence-corrected chi connectivity index (χ3v) is 2.40. The molecule has 0 bridgehead atoms. The first-order valence-electron chi connectivity index (χ1n) is 5.39. The van der Waals surface area contributed by atoms with Gasteiger partial charge in [-0.1, -0.05) is 26.7 Å². The van der Waals surface area contributed by atoms with Gasteiger partial charge in [-0.05, 0) is 19.8 Å². The van der Waals surface area contributed by atoms with Gasteiger partial charge in [0, 0.05) is 0 Å². The second-order valence-corrected chi connectivity index (χ2v) is 3.88. The van der Waals surface area contributed by atoms with Crippen LogP contribution in [0, 0.1) is 5.41 Å². The van der Waals surface area contributed by atoms with Crippen LogP contribution in [0.5, 0.6) is 0 Å². The molecule has 0 saturated carbocycles. The molecule has 4 nitrogen and oxygen atoms in total. The highest BCUT2D eigenvalue weighted by Gasteiger charge is 2.41. The first-order valence-corrected chi connectivity index (χ1v) is 5.39. The van der Waals surface area contributed by atoms with Gasteiger partial charge in [-0.3, -0.25) is 9.59 Å². The second-order valence-electron chi connectivity index (χ2n) is 3.88. The Bertz CT molecular complexity index is 225. The van der Waals surface area contributed by atoms with Gasteiger partial charge < -0.3 is 9.84 Å². The molecule has 0 saturated heterocycles. The average Bonchev–Trinajstić information content (AvgIpc) is 2.18. The Labute approximate surface area is 90.6 Å². The molecule has 0 spiro atoms. The highest BCUT2D eigenvalue weighted by molar-refractivity contribution is 5.98. The molecule has 1 N–H and O–H groups in total. The Balaban J connectivity index is 4.36. The fourth-order valence-corrected chi connectivity index (χ4v) is 1.26. The SMILES string of the molecule is CCCCOC(=O)C(C)(CCC)C(=O)O. The van der Waals surface area contributed by atoms with E-state index in [1.165, 1.54) is 6.92 Å². The maximum absolute atomic E-state index is 11.6. The zero-order valence-corrected chi connectivity index (χ0v) is 9.71. The van der Waals surface area contributed by atoms with Crippen LogP contribution in [0.15, 0.2) is 0 Å². The number of unbranched alkanes of at least 4 members (excludes halogenated alkanes) is 1. The smallest absolute Gasteiger partial charge is 0.323 e. The molecule has 0 rings (SSSR count). The van der Waals surface area contributed by atoms with Gasteiger partial charge in [0.2, 0.25) is 0 Å². The molecule has 0 aliphatic carbocycles. The van der Waals surface area contributed by atoms with Crippen LogP contribution >= 0.6 is 0 Å². The van der Waals surface area contributed by atoms with E-state index in [1.54, 1.807) is 0 Å². The van der Waals surface area contributed by atoms with E-state index < -0.39 is 17.4 Å². The van der Waals surface area contributed by atoms with E-state index in [1.807, 2.05) is 13.8 Å². The Morgan fingerprint density at radius 1 is 1.27 bits per heavy atom. The zero-order chi connectivity index (χ0) is 11.9. The van der Waals surface area contributed by atoms with Crippen LogP contribution in [0.25, 0.3) is 0 Å². The molecule has 88 valence electrons. The van der Waals surface area contributed by atoms with E-state index >= 15 is 0 Å². The molecule has 1 atom stereocenters. The lowest BCUT2D eigenvalue weighted by Gasteiger charge is -2.21. The third-order valence-electron chi connectivity index (χ3n) is 2.40. The van der Waals surface area contributed by atoms with E-state index in [4.69, 9.17) is 9.84 Å². The minimum atomic E-state index is -1.39. The monoisotopic (exact) mass is 216 g/mol. The molecule has 0 aromatic heterocycles. The highest BCUT2D eigenvalue weighted by atomic mass is 16.5. The molecule has 0 fully saturated rings. The molecule has 0 aromatic carbocycles. The summed E-state index contributed by atoms with van der Waals surface area (Å²) in [5, 5.41) is 8.99. The number of hydrogen-bond acceptors (Lipinski definition) is 3. The summed E-state index contributed by atoms with van der Waals surface area (Å²) >= 11 is 0. The van der Waals surface area contributed by atoms with Crippen molar-refractivity contribution in [2.45, 2.75) is 46.5 Å². The molecular weight excluding hydrogens is 196 g/mol. The van der Waals surface area contributed by atoms with Crippen LogP contribution in [0.4, 0.5) is 0 Å². The Kier molecular flexibility index (Phi) is 5.97. The van der Waals surface area contributed by atoms with Gasteiger partial charge in [-0.2, -0.15) is 0 Å². The normalized spacial score (nSPS) is 14.3. The standard InChI is InChI=1S/C11H20O4/c1-4-6-8-15-10(14)11(3,7-5-2)9(12)13/h4-8H2,1-3H3,(H,12,13). The van der Waals surface area contributed by atoms with Crippen molar-refractivity contribution in [1.29, 1.82) is 0 Å². The van der Waals surface area contributed by atoms with Gasteiger partial charge >= 0.3 is 11.9 Å². The first kappa shape index (κ1) is 13.9. The van der Waals surface area contributed by atoms with Gasteiger partial charge in [0.25, 0.3) is 0 Å². The summed E-state index contributed by atoms with van der Waals surface area (Å²) in [5.41, 5.74) is -1.39. The minimum Gasteiger partial charge on any atom is -0.480 e. The van der Waals surface area contributed by atoms with Crippen LogP contribution in [-0.2, 0) is 14.3 Å². The highest BCUT2D eigenvalue weighted by Crippen LogP contribution is 2.25. The lowest BCUT2D eigenvalue weighted by atomic mass is 9.86. The maximum Gasteiger partial charge on any atom is 0.323 e. The Morgan fingerprint density at radius 2 is 1.87 bits per heavy atom. The van der Waals surface area contributed by atoms with Gasteiger partial charge in [0.15, 0.2) is 5.41 Å². The topological polar surface area (TPSA) is 63.6 Å². The summed E-state index contributed by atoms with van der Waals surface area (Å²) in [6, 6.07) is 0. The van der Waals surface area contributed by atoms with Gasteiger partial charge in [-0.25, -0.2) is 0 Å². The summed E-state index contributed by atoms with van der Waals surface area (Å²) in [4.78, 5) is 22.6. The Hall–Kier alpha value is -1.06. The lowest BCUT2D eigenvalue weighted by Crippen LogP contribution is -2.38. The van der Waals surface area contributed by atoms with Crippen molar-refractivity contribution in [3.63, 3.8) is 0 Å². The van der Waals surface area contributed by atoms with Crippen molar-refractivity contribution < 1.29 is 19.4 Å². The van der Waals surface area contributed by atoms with Gasteiger partial charge in [0.1, 0.15) is 0 Å². The van der Waals surface area contributed by atoms with Crippen LogP contribution < -0.4 is 0 Å². The van der Waals surface area contributed by atoms with Gasteiger partial charge in [0.05, 0.1) is 6.61 Å². The number of ether oxygens (including phenoxy) is 1. The molecule has 0 aliphatic rings. The third kappa shape index (κ3) is 3.90. The number of carboxylic acids is 1. The number of carbonyl (C=O) groups is 2. The number of esters is 1. The van der Waals surface area contributed by atoms with Crippen molar-refractivity contribution in [3.05, 3.63) is 0 Å². The van der Waals surface area contributed by atoms with Crippen LogP contribution in [0.1, 0.15) is 46.5 Å². The van der Waals surface area contributed by atoms with Crippen molar-refractivity contribution in [3.8, 4) is 0 Å². The van der Waals surface area contributed by atoms with Crippen molar-refractivity contribution >= 4 is 11.9 Å². The summed E-state index contributed by atoms with van der Waals surface area (Å²) in [6.45, 7) is 5.56. The molecule has 15 heavy (non-hydrogen) atoms. The van der Waals surface area contributed by atoms with Crippen LogP contribution in [-0.4, -0.2) is 23.7 Å². The van der Waals surface area contributed by atoms with E-state index in [2.05, 4.69) is 0 Å². The molecule has 0 heterocycles. The van der Waals surface area contributed by atoms with Crippen LogP contribution in [0.3, 0.4) is 0 Å². The summed E-state index contributed by atoms with van der Waals surface area (Å²) in [5.74, 6) is -1.73. The summed E-state index contributed by atoms with van der Waals surface area (Å²) < 4.78 is 4.94. The Morgan fingerprint density at radius 3 is 2.27 bits per heavy atom. The quantitative estimate of drug-likeness (QED) is 0.402. The zero-order valence-electron chi connectivity index (χ0n) is 9.71. The predicted molar refractivity (Wildman–Crippen MR) is 56.5 cm³/mol. The number of hydrogen-bond donors (Lipinski definition) is 1. The average molecular weight is 216 g/mol. The molecule has 0 radical (unpaired) electrons. The fraction of sp³-hybridized carbons (Fsp3) is 0.818. The molecule has 0 amide bonds. The van der Waals surface area contributed by atoms with Crippen molar-refractivity contribution in [2.24, 2.45) is 5.41 Å². The number of carbonyl (C=O) groups excluding carboxylic acids is 1. The number of rotatable bonds is 7. The number of aliphatic carboxylic acids is 1.